The number of nitrogen functional groups attached to an aromatic ring is 1. The van der Waals surface area contributed by atoms with Gasteiger partial charge in [-0.2, -0.15) is 0 Å². The van der Waals surface area contributed by atoms with Gasteiger partial charge in [0.1, 0.15) is 12.4 Å². The third-order valence-electron chi connectivity index (χ3n) is 3.04. The molecule has 1 atom stereocenters. The number of carbonyl (C=O) groups is 2. The summed E-state index contributed by atoms with van der Waals surface area (Å²) < 4.78 is 0. The van der Waals surface area contributed by atoms with Gasteiger partial charge in [-0.15, -0.1) is 0 Å². The fourth-order valence-corrected chi connectivity index (χ4v) is 2.15. The summed E-state index contributed by atoms with van der Waals surface area (Å²) in [6.07, 6.45) is 1.42. The van der Waals surface area contributed by atoms with E-state index in [9.17, 15) is 19.7 Å². The van der Waals surface area contributed by atoms with E-state index in [1.54, 1.807) is 6.92 Å². The number of amides is 2. The van der Waals surface area contributed by atoms with E-state index in [0.29, 0.717) is 6.42 Å². The van der Waals surface area contributed by atoms with Crippen molar-refractivity contribution in [3.63, 3.8) is 0 Å². The molecule has 0 radical (unpaired) electrons. The monoisotopic (exact) mass is 295 g/mol. The summed E-state index contributed by atoms with van der Waals surface area (Å²) in [7, 11) is 0. The molecule has 2 heterocycles. The normalized spacial score (nSPS) is 18.4. The van der Waals surface area contributed by atoms with Crippen molar-refractivity contribution in [1.82, 2.24) is 15.3 Å². The number of aromatic nitrogens is 2. The number of piperazine rings is 1. The van der Waals surface area contributed by atoms with Crippen molar-refractivity contribution >= 4 is 29.1 Å². The SMILES string of the molecule is CCC1C(=O)NC(=O)CN1c1ncnc(NN)c1[N+](=O)[O-]. The summed E-state index contributed by atoms with van der Waals surface area (Å²) in [5.41, 5.74) is 1.62. The Balaban J connectivity index is 2.55. The fourth-order valence-electron chi connectivity index (χ4n) is 2.15. The number of nitrogens with one attached hydrogen (secondary N) is 2. The molecular formula is C10H13N7O4. The molecule has 0 aromatic carbocycles. The minimum Gasteiger partial charge on any atom is -0.329 e. The predicted octanol–water partition coefficient (Wildman–Crippen LogP) is -1.09. The van der Waals surface area contributed by atoms with Gasteiger partial charge in [-0.1, -0.05) is 6.92 Å². The van der Waals surface area contributed by atoms with Crippen molar-refractivity contribution in [3.8, 4) is 0 Å². The van der Waals surface area contributed by atoms with E-state index in [1.807, 2.05) is 0 Å². The van der Waals surface area contributed by atoms with E-state index >= 15 is 0 Å². The highest BCUT2D eigenvalue weighted by molar-refractivity contribution is 6.05. The Morgan fingerprint density at radius 1 is 1.57 bits per heavy atom. The maximum Gasteiger partial charge on any atom is 0.354 e. The molecule has 1 fully saturated rings. The zero-order valence-electron chi connectivity index (χ0n) is 11.1. The lowest BCUT2D eigenvalue weighted by molar-refractivity contribution is -0.383. The number of nitrogens with zero attached hydrogens (tertiary/aromatic N) is 4. The average molecular weight is 295 g/mol. The Bertz CT molecular complexity index is 605. The summed E-state index contributed by atoms with van der Waals surface area (Å²) in [6, 6.07) is -0.734. The van der Waals surface area contributed by atoms with Crippen LogP contribution in [0.25, 0.3) is 0 Å². The van der Waals surface area contributed by atoms with Crippen LogP contribution in [-0.4, -0.2) is 39.3 Å². The van der Waals surface area contributed by atoms with Gasteiger partial charge in [0.2, 0.25) is 23.5 Å². The lowest BCUT2D eigenvalue weighted by atomic mass is 10.1. The molecule has 11 nitrogen and oxygen atoms in total. The minimum absolute atomic E-state index is 0.127. The Labute approximate surface area is 118 Å². The quantitative estimate of drug-likeness (QED) is 0.272. The molecular weight excluding hydrogens is 282 g/mol. The van der Waals surface area contributed by atoms with Gasteiger partial charge in [0.25, 0.3) is 0 Å². The standard InChI is InChI=1S/C10H13N7O4/c1-2-5-10(19)14-6(18)3-16(5)9-7(17(20)21)8(15-11)12-4-13-9/h4-5H,2-3,11H2,1H3,(H,12,13,15)(H,14,18,19). The number of nitro groups is 1. The predicted molar refractivity (Wildman–Crippen MR) is 71.1 cm³/mol. The van der Waals surface area contributed by atoms with Crippen molar-refractivity contribution < 1.29 is 14.5 Å². The Hall–Kier alpha value is -2.82. The molecule has 112 valence electrons. The van der Waals surface area contributed by atoms with Crippen molar-refractivity contribution in [2.45, 2.75) is 19.4 Å². The molecule has 1 aliphatic rings. The summed E-state index contributed by atoms with van der Waals surface area (Å²) in [5.74, 6) is 3.80. The van der Waals surface area contributed by atoms with Crippen molar-refractivity contribution in [2.24, 2.45) is 5.84 Å². The molecule has 2 amide bonds. The highest BCUT2D eigenvalue weighted by Gasteiger charge is 2.38. The molecule has 0 aliphatic carbocycles. The van der Waals surface area contributed by atoms with E-state index in [2.05, 4.69) is 20.7 Å². The second kappa shape index (κ2) is 5.66. The first-order chi connectivity index (χ1) is 9.99. The smallest absolute Gasteiger partial charge is 0.329 e. The molecule has 1 unspecified atom stereocenters. The first-order valence-electron chi connectivity index (χ1n) is 6.05. The minimum atomic E-state index is -0.734. The highest BCUT2D eigenvalue weighted by atomic mass is 16.6. The van der Waals surface area contributed by atoms with Crippen LogP contribution in [0.4, 0.5) is 17.3 Å². The van der Waals surface area contributed by atoms with Crippen LogP contribution in [-0.2, 0) is 9.59 Å². The third-order valence-corrected chi connectivity index (χ3v) is 3.04. The van der Waals surface area contributed by atoms with Crippen LogP contribution in [0.1, 0.15) is 13.3 Å². The second-order valence-electron chi connectivity index (χ2n) is 4.26. The Morgan fingerprint density at radius 3 is 2.86 bits per heavy atom. The maximum atomic E-state index is 11.8. The zero-order chi connectivity index (χ0) is 15.6. The van der Waals surface area contributed by atoms with Crippen LogP contribution in [0, 0.1) is 10.1 Å². The summed E-state index contributed by atoms with van der Waals surface area (Å²) >= 11 is 0. The van der Waals surface area contributed by atoms with Gasteiger partial charge in [0, 0.05) is 0 Å². The van der Waals surface area contributed by atoms with E-state index in [0.717, 1.165) is 6.33 Å². The van der Waals surface area contributed by atoms with Gasteiger partial charge in [-0.25, -0.2) is 15.8 Å². The van der Waals surface area contributed by atoms with Gasteiger partial charge in [0.15, 0.2) is 0 Å². The molecule has 0 saturated carbocycles. The van der Waals surface area contributed by atoms with E-state index in [4.69, 9.17) is 5.84 Å². The first-order valence-corrected chi connectivity index (χ1v) is 6.05. The van der Waals surface area contributed by atoms with Crippen LogP contribution in [0.3, 0.4) is 0 Å². The summed E-state index contributed by atoms with van der Waals surface area (Å²) in [5, 5.41) is 13.4. The largest absolute Gasteiger partial charge is 0.354 e. The molecule has 2 rings (SSSR count). The van der Waals surface area contributed by atoms with Gasteiger partial charge in [0.05, 0.1) is 11.5 Å². The number of hydrogen-bond donors (Lipinski definition) is 3. The lowest BCUT2D eigenvalue weighted by Gasteiger charge is -2.33. The first kappa shape index (κ1) is 14.6. The average Bonchev–Trinajstić information content (AvgIpc) is 2.45. The molecule has 4 N–H and O–H groups in total. The fraction of sp³-hybridized carbons (Fsp3) is 0.400. The van der Waals surface area contributed by atoms with Crippen LogP contribution in [0.5, 0.6) is 0 Å². The molecule has 11 heteroatoms. The number of hydrogen-bond acceptors (Lipinski definition) is 9. The topological polar surface area (TPSA) is 156 Å². The molecule has 21 heavy (non-hydrogen) atoms. The summed E-state index contributed by atoms with van der Waals surface area (Å²) in [4.78, 5) is 42.6. The molecule has 0 bridgehead atoms. The number of nitrogens with two attached hydrogens (primary N) is 1. The number of carbonyl (C=O) groups excluding carboxylic acids is 2. The zero-order valence-corrected chi connectivity index (χ0v) is 11.1. The Kier molecular flexibility index (Phi) is 3.93. The van der Waals surface area contributed by atoms with E-state index < -0.39 is 28.5 Å². The van der Waals surface area contributed by atoms with E-state index in [1.165, 1.54) is 4.90 Å². The molecule has 0 spiro atoms. The number of imide groups is 1. The van der Waals surface area contributed by atoms with E-state index in [-0.39, 0.29) is 18.2 Å². The number of hydrazine groups is 1. The Morgan fingerprint density at radius 2 is 2.29 bits per heavy atom. The third kappa shape index (κ3) is 2.58. The molecule has 1 aromatic heterocycles. The number of rotatable bonds is 4. The van der Waals surface area contributed by atoms with Gasteiger partial charge < -0.3 is 10.3 Å². The highest BCUT2D eigenvalue weighted by Crippen LogP contribution is 2.33. The van der Waals surface area contributed by atoms with Gasteiger partial charge in [-0.3, -0.25) is 25.0 Å². The molecule has 1 aliphatic heterocycles. The second-order valence-corrected chi connectivity index (χ2v) is 4.26. The lowest BCUT2D eigenvalue weighted by Crippen LogP contribution is -2.58. The van der Waals surface area contributed by atoms with Crippen molar-refractivity contribution in [3.05, 3.63) is 16.4 Å². The number of anilines is 2. The van der Waals surface area contributed by atoms with Crippen LogP contribution >= 0.6 is 0 Å². The molecule has 1 saturated heterocycles. The summed E-state index contributed by atoms with van der Waals surface area (Å²) in [6.45, 7) is 1.51. The van der Waals surface area contributed by atoms with Gasteiger partial charge in [-0.05, 0) is 6.42 Å². The maximum absolute atomic E-state index is 11.8. The molecule has 1 aromatic rings. The van der Waals surface area contributed by atoms with Crippen LogP contribution < -0.4 is 21.5 Å². The van der Waals surface area contributed by atoms with Crippen molar-refractivity contribution in [1.29, 1.82) is 0 Å². The van der Waals surface area contributed by atoms with Crippen LogP contribution in [0.15, 0.2) is 6.33 Å². The van der Waals surface area contributed by atoms with Crippen molar-refractivity contribution in [2.75, 3.05) is 16.9 Å². The van der Waals surface area contributed by atoms with Gasteiger partial charge >= 0.3 is 5.69 Å². The van der Waals surface area contributed by atoms with Crippen LogP contribution in [0.2, 0.25) is 0 Å².